The first-order valence-corrected chi connectivity index (χ1v) is 7.53. The van der Waals surface area contributed by atoms with Gasteiger partial charge in [-0.3, -0.25) is 19.9 Å². The Balaban J connectivity index is 1.65. The molecular formula is C16H19N3O4. The van der Waals surface area contributed by atoms with Crippen molar-refractivity contribution in [3.8, 4) is 5.75 Å². The molecule has 0 atom stereocenters. The van der Waals surface area contributed by atoms with Crippen LogP contribution in [0.3, 0.4) is 0 Å². The van der Waals surface area contributed by atoms with Crippen molar-refractivity contribution in [2.75, 3.05) is 39.5 Å². The Bertz CT molecular complexity index is 686. The number of rotatable bonds is 5. The highest BCUT2D eigenvalue weighted by molar-refractivity contribution is 5.96. The molecule has 1 aliphatic heterocycles. The second-order valence-corrected chi connectivity index (χ2v) is 5.32. The van der Waals surface area contributed by atoms with Crippen LogP contribution in [0.15, 0.2) is 30.5 Å². The van der Waals surface area contributed by atoms with E-state index >= 15 is 0 Å². The van der Waals surface area contributed by atoms with Crippen LogP contribution < -0.4 is 10.2 Å². The molecule has 2 N–H and O–H groups in total. The fourth-order valence-electron chi connectivity index (χ4n) is 2.51. The molecule has 2 heterocycles. The van der Waals surface area contributed by atoms with Crippen LogP contribution in [0.25, 0.3) is 10.9 Å². The average Bonchev–Trinajstić information content (AvgIpc) is 2.61. The first kappa shape index (κ1) is 15.7. The van der Waals surface area contributed by atoms with E-state index in [-0.39, 0.29) is 0 Å². The Hall–Kier alpha value is -2.22. The summed E-state index contributed by atoms with van der Waals surface area (Å²) < 4.78 is 11.1. The Labute approximate surface area is 133 Å². The summed E-state index contributed by atoms with van der Waals surface area (Å²) in [5.74, 6) is 0.146. The van der Waals surface area contributed by atoms with Crippen molar-refractivity contribution in [1.29, 1.82) is 0 Å². The third-order valence-electron chi connectivity index (χ3n) is 3.80. The second-order valence-electron chi connectivity index (χ2n) is 5.32. The standard InChI is InChI=1S/C16H19N3O4/c20-16(18-21)13-9-12-10-14(1-2-15(12)17-11-13)23-8-5-19-3-6-22-7-4-19/h1-2,9-11,21H,3-8H2,(H,18,20). The number of nitrogens with one attached hydrogen (secondary N) is 1. The highest BCUT2D eigenvalue weighted by Gasteiger charge is 2.10. The number of carbonyl (C=O) groups excluding carboxylic acids is 1. The largest absolute Gasteiger partial charge is 0.492 e. The maximum Gasteiger partial charge on any atom is 0.276 e. The fourth-order valence-corrected chi connectivity index (χ4v) is 2.51. The average molecular weight is 317 g/mol. The van der Waals surface area contributed by atoms with E-state index in [2.05, 4.69) is 9.88 Å². The lowest BCUT2D eigenvalue weighted by atomic mass is 10.1. The van der Waals surface area contributed by atoms with Crippen LogP contribution in [0.4, 0.5) is 0 Å². The normalized spacial score (nSPS) is 15.5. The molecule has 0 aliphatic carbocycles. The van der Waals surface area contributed by atoms with Crippen LogP contribution in [0.1, 0.15) is 10.4 Å². The summed E-state index contributed by atoms with van der Waals surface area (Å²) in [5, 5.41) is 9.48. The summed E-state index contributed by atoms with van der Waals surface area (Å²) in [6.45, 7) is 4.87. The SMILES string of the molecule is O=C(NO)c1cnc2ccc(OCCN3CCOCC3)cc2c1. The Kier molecular flexibility index (Phi) is 5.02. The molecule has 7 nitrogen and oxygen atoms in total. The lowest BCUT2D eigenvalue weighted by molar-refractivity contribution is 0.0322. The van der Waals surface area contributed by atoms with Crippen LogP contribution in [0, 0.1) is 0 Å². The van der Waals surface area contributed by atoms with Crippen LogP contribution in [0.2, 0.25) is 0 Å². The number of aromatic nitrogens is 1. The van der Waals surface area contributed by atoms with Crippen LogP contribution >= 0.6 is 0 Å². The zero-order valence-electron chi connectivity index (χ0n) is 12.7. The van der Waals surface area contributed by atoms with Gasteiger partial charge in [-0.15, -0.1) is 0 Å². The number of fused-ring (bicyclic) bond motifs is 1. The van der Waals surface area contributed by atoms with E-state index in [4.69, 9.17) is 14.7 Å². The monoisotopic (exact) mass is 317 g/mol. The van der Waals surface area contributed by atoms with Gasteiger partial charge in [-0.1, -0.05) is 0 Å². The Morgan fingerprint density at radius 3 is 2.96 bits per heavy atom. The molecule has 0 unspecified atom stereocenters. The van der Waals surface area contributed by atoms with E-state index in [1.165, 1.54) is 6.20 Å². The van der Waals surface area contributed by atoms with Gasteiger partial charge in [0.1, 0.15) is 12.4 Å². The minimum atomic E-state index is -0.585. The molecule has 1 saturated heterocycles. The van der Waals surface area contributed by atoms with Gasteiger partial charge in [0.15, 0.2) is 0 Å². The van der Waals surface area contributed by atoms with Gasteiger partial charge in [-0.2, -0.15) is 0 Å². The van der Waals surface area contributed by atoms with E-state index in [9.17, 15) is 4.79 Å². The van der Waals surface area contributed by atoms with Crippen molar-refractivity contribution in [2.24, 2.45) is 0 Å². The highest BCUT2D eigenvalue weighted by Crippen LogP contribution is 2.20. The van der Waals surface area contributed by atoms with Gasteiger partial charge in [-0.05, 0) is 24.3 Å². The molecule has 1 aliphatic rings. The third kappa shape index (κ3) is 3.95. The van der Waals surface area contributed by atoms with Crippen molar-refractivity contribution in [2.45, 2.75) is 0 Å². The zero-order chi connectivity index (χ0) is 16.1. The number of carbonyl (C=O) groups is 1. The number of nitrogens with zero attached hydrogens (tertiary/aromatic N) is 2. The number of ether oxygens (including phenoxy) is 2. The number of morpholine rings is 1. The molecular weight excluding hydrogens is 298 g/mol. The molecule has 1 aromatic carbocycles. The van der Waals surface area contributed by atoms with Crippen molar-refractivity contribution >= 4 is 16.8 Å². The predicted octanol–water partition coefficient (Wildman–Crippen LogP) is 1.06. The minimum absolute atomic E-state index is 0.297. The van der Waals surface area contributed by atoms with Gasteiger partial charge >= 0.3 is 0 Å². The molecule has 0 spiro atoms. The van der Waals surface area contributed by atoms with Crippen molar-refractivity contribution in [1.82, 2.24) is 15.4 Å². The van der Waals surface area contributed by atoms with Gasteiger partial charge in [-0.25, -0.2) is 5.48 Å². The first-order valence-electron chi connectivity index (χ1n) is 7.53. The van der Waals surface area contributed by atoms with Gasteiger partial charge in [0, 0.05) is 31.2 Å². The zero-order valence-corrected chi connectivity index (χ0v) is 12.7. The molecule has 0 saturated carbocycles. The highest BCUT2D eigenvalue weighted by atomic mass is 16.5. The minimum Gasteiger partial charge on any atom is -0.492 e. The van der Waals surface area contributed by atoms with Crippen LogP contribution in [-0.4, -0.2) is 60.5 Å². The van der Waals surface area contributed by atoms with Gasteiger partial charge < -0.3 is 9.47 Å². The van der Waals surface area contributed by atoms with E-state index in [0.29, 0.717) is 12.2 Å². The second kappa shape index (κ2) is 7.36. The molecule has 1 fully saturated rings. The topological polar surface area (TPSA) is 83.9 Å². The molecule has 23 heavy (non-hydrogen) atoms. The Morgan fingerprint density at radius 1 is 1.35 bits per heavy atom. The molecule has 1 aromatic heterocycles. The van der Waals surface area contributed by atoms with Crippen molar-refractivity contribution < 1.29 is 19.5 Å². The maximum absolute atomic E-state index is 11.4. The van der Waals surface area contributed by atoms with Gasteiger partial charge in [0.05, 0.1) is 24.3 Å². The summed E-state index contributed by atoms with van der Waals surface area (Å²) in [5.41, 5.74) is 2.67. The number of amides is 1. The summed E-state index contributed by atoms with van der Waals surface area (Å²) >= 11 is 0. The predicted molar refractivity (Wildman–Crippen MR) is 83.7 cm³/mol. The molecule has 0 radical (unpaired) electrons. The van der Waals surface area contributed by atoms with Crippen LogP contribution in [0.5, 0.6) is 5.75 Å². The van der Waals surface area contributed by atoms with E-state index in [1.807, 2.05) is 18.2 Å². The lowest BCUT2D eigenvalue weighted by Crippen LogP contribution is -2.38. The number of pyridine rings is 1. The number of benzene rings is 1. The van der Waals surface area contributed by atoms with E-state index in [1.54, 1.807) is 11.5 Å². The Morgan fingerprint density at radius 2 is 2.17 bits per heavy atom. The lowest BCUT2D eigenvalue weighted by Gasteiger charge is -2.26. The van der Waals surface area contributed by atoms with E-state index in [0.717, 1.165) is 49.5 Å². The molecule has 0 bridgehead atoms. The smallest absolute Gasteiger partial charge is 0.276 e. The quantitative estimate of drug-likeness (QED) is 0.634. The number of hydrogen-bond acceptors (Lipinski definition) is 6. The summed E-state index contributed by atoms with van der Waals surface area (Å²) in [7, 11) is 0. The summed E-state index contributed by atoms with van der Waals surface area (Å²) in [6.07, 6.45) is 1.42. The fraction of sp³-hybridized carbons (Fsp3) is 0.375. The number of hydrogen-bond donors (Lipinski definition) is 2. The first-order chi connectivity index (χ1) is 11.3. The molecule has 122 valence electrons. The summed E-state index contributed by atoms with van der Waals surface area (Å²) in [6, 6.07) is 7.22. The van der Waals surface area contributed by atoms with Gasteiger partial charge in [0.25, 0.3) is 5.91 Å². The van der Waals surface area contributed by atoms with Gasteiger partial charge in [0.2, 0.25) is 0 Å². The summed E-state index contributed by atoms with van der Waals surface area (Å²) in [4.78, 5) is 17.9. The number of hydroxylamine groups is 1. The maximum atomic E-state index is 11.4. The molecule has 2 aromatic rings. The molecule has 1 amide bonds. The van der Waals surface area contributed by atoms with Crippen molar-refractivity contribution in [3.63, 3.8) is 0 Å². The third-order valence-corrected chi connectivity index (χ3v) is 3.80. The van der Waals surface area contributed by atoms with Crippen molar-refractivity contribution in [3.05, 3.63) is 36.0 Å². The molecule has 7 heteroatoms. The van der Waals surface area contributed by atoms with E-state index < -0.39 is 5.91 Å². The van der Waals surface area contributed by atoms with Crippen LogP contribution in [-0.2, 0) is 4.74 Å². The molecule has 3 rings (SSSR count).